The molecule has 0 heterocycles. The first kappa shape index (κ1) is 14.1. The number of benzene rings is 2. The van der Waals surface area contributed by atoms with Gasteiger partial charge in [-0.05, 0) is 42.1 Å². The molecule has 2 aromatic carbocycles. The zero-order valence-electron chi connectivity index (χ0n) is 11.8. The Hall–Kier alpha value is -1.34. The Kier molecular flexibility index (Phi) is 5.90. The summed E-state index contributed by atoms with van der Waals surface area (Å²) in [6.07, 6.45) is 9.02. The molecule has 2 rings (SSSR count). The van der Waals surface area contributed by atoms with Gasteiger partial charge in [0.25, 0.3) is 0 Å². The van der Waals surface area contributed by atoms with E-state index in [4.69, 9.17) is 5.73 Å². The van der Waals surface area contributed by atoms with Crippen LogP contribution in [0.15, 0.2) is 42.5 Å². The molecule has 19 heavy (non-hydrogen) atoms. The van der Waals surface area contributed by atoms with Crippen LogP contribution in [0.2, 0.25) is 0 Å². The molecule has 0 unspecified atom stereocenters. The fourth-order valence-corrected chi connectivity index (χ4v) is 2.68. The summed E-state index contributed by atoms with van der Waals surface area (Å²) in [5.74, 6) is 0. The van der Waals surface area contributed by atoms with Gasteiger partial charge in [-0.2, -0.15) is 0 Å². The molecule has 102 valence electrons. The average molecular weight is 255 g/mol. The van der Waals surface area contributed by atoms with Gasteiger partial charge in [-0.25, -0.2) is 0 Å². The number of unbranched alkanes of at least 4 members (excludes halogenated alkanes) is 5. The molecule has 0 fully saturated rings. The quantitative estimate of drug-likeness (QED) is 0.681. The molecule has 0 aromatic heterocycles. The summed E-state index contributed by atoms with van der Waals surface area (Å²) < 4.78 is 0. The first-order valence-electron chi connectivity index (χ1n) is 7.58. The lowest BCUT2D eigenvalue weighted by molar-refractivity contribution is 0.598. The molecule has 0 aliphatic rings. The third-order valence-electron chi connectivity index (χ3n) is 3.78. The molecule has 0 saturated heterocycles. The first-order valence-corrected chi connectivity index (χ1v) is 7.58. The summed E-state index contributed by atoms with van der Waals surface area (Å²) in [6, 6.07) is 15.3. The molecular formula is C18H25N. The van der Waals surface area contributed by atoms with Gasteiger partial charge in [-0.15, -0.1) is 0 Å². The molecule has 0 atom stereocenters. The van der Waals surface area contributed by atoms with Crippen molar-refractivity contribution in [2.45, 2.75) is 44.9 Å². The van der Waals surface area contributed by atoms with Gasteiger partial charge in [0.15, 0.2) is 0 Å². The van der Waals surface area contributed by atoms with E-state index < -0.39 is 0 Å². The van der Waals surface area contributed by atoms with Crippen LogP contribution >= 0.6 is 0 Å². The molecule has 0 aliphatic carbocycles. The van der Waals surface area contributed by atoms with Crippen molar-refractivity contribution >= 4 is 10.8 Å². The highest BCUT2D eigenvalue weighted by Gasteiger charge is 1.99. The molecule has 0 spiro atoms. The van der Waals surface area contributed by atoms with Crippen LogP contribution in [0.4, 0.5) is 0 Å². The van der Waals surface area contributed by atoms with E-state index in [1.165, 1.54) is 61.3 Å². The third kappa shape index (κ3) is 4.36. The van der Waals surface area contributed by atoms with Gasteiger partial charge >= 0.3 is 0 Å². The summed E-state index contributed by atoms with van der Waals surface area (Å²) in [6.45, 7) is 0.843. The lowest BCUT2D eigenvalue weighted by atomic mass is 9.99. The number of hydrogen-bond acceptors (Lipinski definition) is 1. The number of nitrogens with two attached hydrogens (primary N) is 1. The molecule has 2 N–H and O–H groups in total. The van der Waals surface area contributed by atoms with E-state index in [0.29, 0.717) is 0 Å². The lowest BCUT2D eigenvalue weighted by Gasteiger charge is -2.06. The fourth-order valence-electron chi connectivity index (χ4n) is 2.68. The van der Waals surface area contributed by atoms with Crippen LogP contribution in [0.3, 0.4) is 0 Å². The highest BCUT2D eigenvalue weighted by atomic mass is 14.5. The van der Waals surface area contributed by atoms with Crippen molar-refractivity contribution in [3.05, 3.63) is 48.0 Å². The van der Waals surface area contributed by atoms with Crippen molar-refractivity contribution < 1.29 is 0 Å². The average Bonchev–Trinajstić information content (AvgIpc) is 2.46. The van der Waals surface area contributed by atoms with Crippen molar-refractivity contribution in [2.75, 3.05) is 6.54 Å². The maximum Gasteiger partial charge on any atom is -0.00773 e. The monoisotopic (exact) mass is 255 g/mol. The van der Waals surface area contributed by atoms with Crippen LogP contribution in [0, 0.1) is 0 Å². The topological polar surface area (TPSA) is 26.0 Å². The summed E-state index contributed by atoms with van der Waals surface area (Å²) in [4.78, 5) is 0. The minimum atomic E-state index is 0.843. The predicted octanol–water partition coefficient (Wildman–Crippen LogP) is 4.68. The van der Waals surface area contributed by atoms with Gasteiger partial charge in [0.2, 0.25) is 0 Å². The Morgan fingerprint density at radius 2 is 1.37 bits per heavy atom. The van der Waals surface area contributed by atoms with Gasteiger partial charge in [-0.3, -0.25) is 0 Å². The van der Waals surface area contributed by atoms with Crippen molar-refractivity contribution in [3.63, 3.8) is 0 Å². The Morgan fingerprint density at radius 1 is 0.684 bits per heavy atom. The Balaban J connectivity index is 1.78. The van der Waals surface area contributed by atoms with E-state index >= 15 is 0 Å². The molecule has 0 amide bonds. The van der Waals surface area contributed by atoms with Crippen LogP contribution in [0.1, 0.15) is 44.1 Å². The smallest absolute Gasteiger partial charge is 0.00773 e. The Morgan fingerprint density at radius 3 is 2.21 bits per heavy atom. The molecule has 2 aromatic rings. The maximum absolute atomic E-state index is 5.50. The van der Waals surface area contributed by atoms with Gasteiger partial charge < -0.3 is 5.73 Å². The second-order valence-corrected chi connectivity index (χ2v) is 5.30. The highest BCUT2D eigenvalue weighted by molar-refractivity contribution is 5.85. The van der Waals surface area contributed by atoms with E-state index in [-0.39, 0.29) is 0 Å². The molecule has 1 nitrogen and oxygen atoms in total. The van der Waals surface area contributed by atoms with E-state index in [1.807, 2.05) is 0 Å². The fraction of sp³-hybridized carbons (Fsp3) is 0.444. The molecule has 0 saturated carbocycles. The van der Waals surface area contributed by atoms with Gasteiger partial charge in [0, 0.05) is 0 Å². The maximum atomic E-state index is 5.50. The van der Waals surface area contributed by atoms with Crippen molar-refractivity contribution in [1.29, 1.82) is 0 Å². The van der Waals surface area contributed by atoms with Crippen molar-refractivity contribution in [2.24, 2.45) is 5.73 Å². The second kappa shape index (κ2) is 7.96. The van der Waals surface area contributed by atoms with E-state index in [0.717, 1.165) is 6.54 Å². The highest BCUT2D eigenvalue weighted by Crippen LogP contribution is 2.20. The van der Waals surface area contributed by atoms with Crippen LogP contribution in [-0.4, -0.2) is 6.54 Å². The molecule has 0 radical (unpaired) electrons. The first-order chi connectivity index (χ1) is 9.42. The lowest BCUT2D eigenvalue weighted by Crippen LogP contribution is -1.97. The van der Waals surface area contributed by atoms with Crippen LogP contribution in [0.5, 0.6) is 0 Å². The minimum absolute atomic E-state index is 0.843. The normalized spacial score (nSPS) is 11.0. The van der Waals surface area contributed by atoms with E-state index in [2.05, 4.69) is 42.5 Å². The molecule has 0 aliphatic heterocycles. The largest absolute Gasteiger partial charge is 0.330 e. The van der Waals surface area contributed by atoms with E-state index in [1.54, 1.807) is 0 Å². The molecule has 0 bridgehead atoms. The van der Waals surface area contributed by atoms with E-state index in [9.17, 15) is 0 Å². The predicted molar refractivity (Wildman–Crippen MR) is 84.4 cm³/mol. The van der Waals surface area contributed by atoms with Crippen molar-refractivity contribution in [3.8, 4) is 0 Å². The third-order valence-corrected chi connectivity index (χ3v) is 3.78. The summed E-state index contributed by atoms with van der Waals surface area (Å²) in [5.41, 5.74) is 7.00. The number of hydrogen-bond donors (Lipinski definition) is 1. The minimum Gasteiger partial charge on any atom is -0.330 e. The van der Waals surface area contributed by atoms with Gasteiger partial charge in [-0.1, -0.05) is 68.1 Å². The molecule has 1 heteroatoms. The SMILES string of the molecule is NCCCCCCCCc1cccc2ccccc12. The standard InChI is InChI=1S/C18H25N/c19-15-8-4-2-1-3-5-10-16-12-9-13-17-11-6-7-14-18(16)17/h6-7,9,11-14H,1-5,8,10,15,19H2. The van der Waals surface area contributed by atoms with Gasteiger partial charge in [0.05, 0.1) is 0 Å². The second-order valence-electron chi connectivity index (χ2n) is 5.30. The summed E-state index contributed by atoms with van der Waals surface area (Å²) in [5, 5.41) is 2.79. The van der Waals surface area contributed by atoms with Gasteiger partial charge in [0.1, 0.15) is 0 Å². The Labute approximate surface area is 116 Å². The Bertz CT molecular complexity index is 485. The zero-order chi connectivity index (χ0) is 13.3. The van der Waals surface area contributed by atoms with Crippen LogP contribution < -0.4 is 5.73 Å². The summed E-state index contributed by atoms with van der Waals surface area (Å²) in [7, 11) is 0. The zero-order valence-corrected chi connectivity index (χ0v) is 11.8. The van der Waals surface area contributed by atoms with Crippen LogP contribution in [0.25, 0.3) is 10.8 Å². The number of rotatable bonds is 8. The van der Waals surface area contributed by atoms with Crippen molar-refractivity contribution in [1.82, 2.24) is 0 Å². The van der Waals surface area contributed by atoms with Crippen LogP contribution in [-0.2, 0) is 6.42 Å². The number of aryl methyl sites for hydroxylation is 1. The molecular weight excluding hydrogens is 230 g/mol. The summed E-state index contributed by atoms with van der Waals surface area (Å²) >= 11 is 0. The number of fused-ring (bicyclic) bond motifs is 1.